The lowest BCUT2D eigenvalue weighted by atomic mass is 10.1. The van der Waals surface area contributed by atoms with Crippen molar-refractivity contribution in [2.75, 3.05) is 6.54 Å². The van der Waals surface area contributed by atoms with Crippen molar-refractivity contribution in [1.82, 2.24) is 10.1 Å². The summed E-state index contributed by atoms with van der Waals surface area (Å²) in [6, 6.07) is 10.6. The number of esters is 1. The third-order valence-electron chi connectivity index (χ3n) is 3.87. The summed E-state index contributed by atoms with van der Waals surface area (Å²) >= 11 is 0. The number of carbonyl (C=O) groups excluding carboxylic acids is 2. The Balaban J connectivity index is 1.59. The van der Waals surface area contributed by atoms with Gasteiger partial charge in [0.2, 0.25) is 0 Å². The van der Waals surface area contributed by atoms with E-state index in [1.807, 2.05) is 30.3 Å². The number of aromatic nitrogens is 1. The number of morpholine rings is 1. The van der Waals surface area contributed by atoms with Crippen molar-refractivity contribution in [2.24, 2.45) is 0 Å². The van der Waals surface area contributed by atoms with E-state index in [0.29, 0.717) is 18.7 Å². The highest BCUT2D eigenvalue weighted by molar-refractivity contribution is 5.97. The van der Waals surface area contributed by atoms with Crippen molar-refractivity contribution in [2.45, 2.75) is 18.6 Å². The summed E-state index contributed by atoms with van der Waals surface area (Å²) < 4.78 is 10.3. The number of amides is 1. The van der Waals surface area contributed by atoms with Gasteiger partial charge in [0.05, 0.1) is 6.54 Å². The topological polar surface area (TPSA) is 72.6 Å². The second-order valence-corrected chi connectivity index (χ2v) is 5.21. The van der Waals surface area contributed by atoms with Gasteiger partial charge in [-0.15, -0.1) is 0 Å². The number of nitrogens with zero attached hydrogens (tertiary/aromatic N) is 2. The molecule has 2 aromatic rings. The van der Waals surface area contributed by atoms with Gasteiger partial charge in [-0.1, -0.05) is 35.5 Å². The van der Waals surface area contributed by atoms with Crippen LogP contribution in [0.3, 0.4) is 0 Å². The van der Waals surface area contributed by atoms with Gasteiger partial charge in [0.1, 0.15) is 12.1 Å². The lowest BCUT2D eigenvalue weighted by Crippen LogP contribution is -2.44. The second kappa shape index (κ2) is 4.44. The summed E-state index contributed by atoms with van der Waals surface area (Å²) in [5, 5.41) is 3.83. The standard InChI is InChI=1S/C15H12N2O4/c18-14(17-8-10-6-12(17)15(19)20-10)11-7-13(21-16-11)9-4-2-1-3-5-9/h1-5,7,10,12H,6,8H2/t10-,12-/m0/s1. The molecule has 2 saturated heterocycles. The van der Waals surface area contributed by atoms with Crippen molar-refractivity contribution < 1.29 is 18.8 Å². The van der Waals surface area contributed by atoms with E-state index < -0.39 is 6.04 Å². The fourth-order valence-electron chi connectivity index (χ4n) is 2.84. The maximum absolute atomic E-state index is 12.4. The number of carbonyl (C=O) groups is 2. The number of fused-ring (bicyclic) bond motifs is 2. The first-order chi connectivity index (χ1) is 10.2. The van der Waals surface area contributed by atoms with Crippen LogP contribution in [0.5, 0.6) is 0 Å². The summed E-state index contributed by atoms with van der Waals surface area (Å²) in [5.74, 6) is -0.0812. The Kier molecular flexibility index (Phi) is 2.57. The van der Waals surface area contributed by atoms with Crippen LogP contribution in [-0.4, -0.2) is 40.6 Å². The highest BCUT2D eigenvalue weighted by atomic mass is 16.6. The highest BCUT2D eigenvalue weighted by Gasteiger charge is 2.49. The molecule has 0 N–H and O–H groups in total. The largest absolute Gasteiger partial charge is 0.459 e. The third-order valence-corrected chi connectivity index (χ3v) is 3.87. The Hall–Kier alpha value is -2.63. The average molecular weight is 284 g/mol. The minimum absolute atomic E-state index is 0.174. The molecule has 2 aliphatic heterocycles. The zero-order valence-electron chi connectivity index (χ0n) is 11.1. The molecule has 1 aromatic carbocycles. The maximum Gasteiger partial charge on any atom is 0.329 e. The highest BCUT2D eigenvalue weighted by Crippen LogP contribution is 2.30. The number of ether oxygens (including phenoxy) is 1. The molecule has 21 heavy (non-hydrogen) atoms. The van der Waals surface area contributed by atoms with Gasteiger partial charge >= 0.3 is 5.97 Å². The van der Waals surface area contributed by atoms with Crippen LogP contribution in [0, 0.1) is 0 Å². The van der Waals surface area contributed by atoms with Crippen LogP contribution in [0.1, 0.15) is 16.9 Å². The van der Waals surface area contributed by atoms with Gasteiger partial charge in [-0.25, -0.2) is 4.79 Å². The van der Waals surface area contributed by atoms with Gasteiger partial charge in [-0.3, -0.25) is 4.79 Å². The Morgan fingerprint density at radius 3 is 2.81 bits per heavy atom. The number of hydrogen-bond acceptors (Lipinski definition) is 5. The van der Waals surface area contributed by atoms with E-state index in [2.05, 4.69) is 5.16 Å². The molecule has 3 heterocycles. The van der Waals surface area contributed by atoms with Crippen molar-refractivity contribution in [3.8, 4) is 11.3 Å². The molecule has 2 fully saturated rings. The van der Waals surface area contributed by atoms with Crippen molar-refractivity contribution in [1.29, 1.82) is 0 Å². The molecule has 6 heteroatoms. The number of likely N-dealkylation sites (tertiary alicyclic amines) is 1. The van der Waals surface area contributed by atoms with Crippen LogP contribution < -0.4 is 0 Å². The average Bonchev–Trinajstić information content (AvgIpc) is 3.22. The van der Waals surface area contributed by atoms with Crippen LogP contribution in [0.4, 0.5) is 0 Å². The van der Waals surface area contributed by atoms with Gasteiger partial charge in [-0.05, 0) is 0 Å². The smallest absolute Gasteiger partial charge is 0.329 e. The minimum Gasteiger partial charge on any atom is -0.459 e. The molecule has 0 saturated carbocycles. The van der Waals surface area contributed by atoms with Gasteiger partial charge in [0, 0.05) is 18.1 Å². The van der Waals surface area contributed by atoms with Crippen LogP contribution in [0.2, 0.25) is 0 Å². The molecule has 106 valence electrons. The van der Waals surface area contributed by atoms with Crippen LogP contribution in [0.25, 0.3) is 11.3 Å². The molecule has 1 amide bonds. The molecule has 0 aliphatic carbocycles. The lowest BCUT2D eigenvalue weighted by Gasteiger charge is -2.24. The van der Waals surface area contributed by atoms with E-state index >= 15 is 0 Å². The van der Waals surface area contributed by atoms with Gasteiger partial charge in [-0.2, -0.15) is 0 Å². The molecule has 2 atom stereocenters. The van der Waals surface area contributed by atoms with E-state index in [-0.39, 0.29) is 23.7 Å². The number of rotatable bonds is 2. The lowest BCUT2D eigenvalue weighted by molar-refractivity contribution is -0.149. The van der Waals surface area contributed by atoms with Crippen molar-refractivity contribution in [3.63, 3.8) is 0 Å². The molecular formula is C15H12N2O4. The quantitative estimate of drug-likeness (QED) is 0.781. The van der Waals surface area contributed by atoms with Gasteiger partial charge in [0.25, 0.3) is 5.91 Å². The Morgan fingerprint density at radius 1 is 1.29 bits per heavy atom. The predicted molar refractivity (Wildman–Crippen MR) is 71.3 cm³/mol. The Labute approximate surface area is 120 Å². The molecule has 0 radical (unpaired) electrons. The van der Waals surface area contributed by atoms with E-state index in [4.69, 9.17) is 9.26 Å². The van der Waals surface area contributed by atoms with Crippen LogP contribution >= 0.6 is 0 Å². The molecule has 0 unspecified atom stereocenters. The van der Waals surface area contributed by atoms with E-state index in [9.17, 15) is 9.59 Å². The number of benzene rings is 1. The SMILES string of the molecule is O=C1O[C@H]2C[C@@H]1N(C(=O)c1cc(-c3ccccc3)on1)C2. The third kappa shape index (κ3) is 1.91. The zero-order valence-corrected chi connectivity index (χ0v) is 11.1. The molecular weight excluding hydrogens is 272 g/mol. The van der Waals surface area contributed by atoms with E-state index in [1.54, 1.807) is 6.07 Å². The minimum atomic E-state index is -0.473. The normalized spacial score (nSPS) is 23.4. The van der Waals surface area contributed by atoms with Crippen molar-refractivity contribution in [3.05, 3.63) is 42.1 Å². The van der Waals surface area contributed by atoms with Crippen LogP contribution in [-0.2, 0) is 9.53 Å². The molecule has 2 aliphatic rings. The monoisotopic (exact) mass is 284 g/mol. The molecule has 1 aromatic heterocycles. The first-order valence-corrected chi connectivity index (χ1v) is 6.76. The maximum atomic E-state index is 12.4. The first kappa shape index (κ1) is 12.1. The molecule has 0 spiro atoms. The van der Waals surface area contributed by atoms with E-state index in [0.717, 1.165) is 5.56 Å². The zero-order chi connectivity index (χ0) is 14.4. The summed E-state index contributed by atoms with van der Waals surface area (Å²) in [5.41, 5.74) is 1.07. The van der Waals surface area contributed by atoms with E-state index in [1.165, 1.54) is 4.90 Å². The number of hydrogen-bond donors (Lipinski definition) is 0. The second-order valence-electron chi connectivity index (χ2n) is 5.21. The van der Waals surface area contributed by atoms with Gasteiger partial charge in [0.15, 0.2) is 11.5 Å². The summed E-state index contributed by atoms with van der Waals surface area (Å²) in [6.07, 6.45) is 0.403. The molecule has 2 bridgehead atoms. The van der Waals surface area contributed by atoms with Crippen LogP contribution in [0.15, 0.2) is 40.9 Å². The fourth-order valence-corrected chi connectivity index (χ4v) is 2.84. The predicted octanol–water partition coefficient (Wildman–Crippen LogP) is 1.48. The Bertz CT molecular complexity index is 709. The molecule has 4 rings (SSSR count). The summed E-state index contributed by atoms with van der Waals surface area (Å²) in [7, 11) is 0. The Morgan fingerprint density at radius 2 is 2.10 bits per heavy atom. The fraction of sp³-hybridized carbons (Fsp3) is 0.267. The van der Waals surface area contributed by atoms with Gasteiger partial charge < -0.3 is 14.2 Å². The van der Waals surface area contributed by atoms with Crippen molar-refractivity contribution >= 4 is 11.9 Å². The summed E-state index contributed by atoms with van der Waals surface area (Å²) in [4.78, 5) is 25.5. The molecule has 6 nitrogen and oxygen atoms in total. The first-order valence-electron chi connectivity index (χ1n) is 6.76. The summed E-state index contributed by atoms with van der Waals surface area (Å²) in [6.45, 7) is 0.433.